The van der Waals surface area contributed by atoms with Gasteiger partial charge in [0.15, 0.2) is 0 Å². The number of hydrogen-bond donors (Lipinski definition) is 4. The summed E-state index contributed by atoms with van der Waals surface area (Å²) in [6, 6.07) is -1.06. The molecule has 2 rings (SSSR count). The van der Waals surface area contributed by atoms with Crippen molar-refractivity contribution in [2.45, 2.75) is 18.6 Å². The quantitative estimate of drug-likeness (QED) is 0.494. The number of imidazole rings is 1. The van der Waals surface area contributed by atoms with Crippen LogP contribution in [0.5, 0.6) is 0 Å². The van der Waals surface area contributed by atoms with E-state index in [1.54, 1.807) is 0 Å². The zero-order valence-corrected chi connectivity index (χ0v) is 8.71. The molecule has 0 radical (unpaired) electrons. The number of carbonyl (C=O) groups excluding carboxylic acids is 1. The third kappa shape index (κ3) is 2.07. The number of nitrogens with zero attached hydrogens (tertiary/aromatic N) is 1. The lowest BCUT2D eigenvalue weighted by Crippen LogP contribution is -2.40. The molecule has 8 nitrogen and oxygen atoms in total. The van der Waals surface area contributed by atoms with Gasteiger partial charge in [-0.25, -0.2) is 9.59 Å². The van der Waals surface area contributed by atoms with Crippen LogP contribution in [0.1, 0.15) is 16.9 Å². The first-order valence-corrected chi connectivity index (χ1v) is 4.98. The molecule has 1 amide bonds. The second-order valence-corrected chi connectivity index (χ2v) is 3.86. The first kappa shape index (κ1) is 11.4. The summed E-state index contributed by atoms with van der Waals surface area (Å²) in [5.41, 5.74) is -0.560. The monoisotopic (exact) mass is 241 g/mol. The molecule has 1 aliphatic heterocycles. The van der Waals surface area contributed by atoms with Crippen molar-refractivity contribution in [3.8, 4) is 0 Å². The van der Waals surface area contributed by atoms with E-state index in [-0.39, 0.29) is 18.7 Å². The fraction of sp³-hybridized carbons (Fsp3) is 0.444. The average molecular weight is 241 g/mol. The van der Waals surface area contributed by atoms with E-state index >= 15 is 0 Å². The number of amides is 1. The van der Waals surface area contributed by atoms with Gasteiger partial charge in [0.25, 0.3) is 5.91 Å². The number of carboxylic acid groups (broad SMARTS) is 1. The predicted molar refractivity (Wildman–Crippen MR) is 54.5 cm³/mol. The standard InChI is InChI=1S/C9H11N3O5/c13-4-1-6(8(15)16)12(3-4)7(14)5-2-10-9(17)11-5/h2,4,6,13H,1,3H2,(H,15,16)(H2,10,11,17)/t4-,6+/m1/s1. The molecule has 0 aromatic carbocycles. The Labute approximate surface area is 94.9 Å². The van der Waals surface area contributed by atoms with Gasteiger partial charge in [0, 0.05) is 19.2 Å². The Balaban J connectivity index is 2.24. The van der Waals surface area contributed by atoms with Gasteiger partial charge in [0.05, 0.1) is 6.10 Å². The second kappa shape index (κ2) is 4.06. The van der Waals surface area contributed by atoms with Gasteiger partial charge in [-0.3, -0.25) is 4.79 Å². The summed E-state index contributed by atoms with van der Waals surface area (Å²) in [5, 5.41) is 18.3. The van der Waals surface area contributed by atoms with Gasteiger partial charge < -0.3 is 25.1 Å². The van der Waals surface area contributed by atoms with Gasteiger partial charge in [-0.1, -0.05) is 0 Å². The van der Waals surface area contributed by atoms with Crippen molar-refractivity contribution in [3.05, 3.63) is 22.4 Å². The van der Waals surface area contributed by atoms with Gasteiger partial charge in [-0.2, -0.15) is 0 Å². The molecule has 17 heavy (non-hydrogen) atoms. The molecule has 1 aliphatic rings. The van der Waals surface area contributed by atoms with E-state index in [9.17, 15) is 19.5 Å². The van der Waals surface area contributed by atoms with Crippen LogP contribution in [0, 0.1) is 0 Å². The van der Waals surface area contributed by atoms with Crippen molar-refractivity contribution in [3.63, 3.8) is 0 Å². The Morgan fingerprint density at radius 3 is 2.71 bits per heavy atom. The van der Waals surface area contributed by atoms with Crippen LogP contribution in [-0.2, 0) is 4.79 Å². The maximum absolute atomic E-state index is 11.9. The van der Waals surface area contributed by atoms with E-state index in [0.29, 0.717) is 0 Å². The Morgan fingerprint density at radius 1 is 1.47 bits per heavy atom. The fourth-order valence-corrected chi connectivity index (χ4v) is 1.87. The number of rotatable bonds is 2. The molecule has 0 unspecified atom stereocenters. The molecule has 0 aliphatic carbocycles. The fourth-order valence-electron chi connectivity index (χ4n) is 1.87. The minimum Gasteiger partial charge on any atom is -0.480 e. The molecule has 0 saturated carbocycles. The summed E-state index contributed by atoms with van der Waals surface area (Å²) < 4.78 is 0. The van der Waals surface area contributed by atoms with Gasteiger partial charge in [0.1, 0.15) is 11.7 Å². The van der Waals surface area contributed by atoms with E-state index < -0.39 is 29.7 Å². The molecule has 0 bridgehead atoms. The van der Waals surface area contributed by atoms with Crippen LogP contribution >= 0.6 is 0 Å². The van der Waals surface area contributed by atoms with E-state index in [1.807, 2.05) is 0 Å². The van der Waals surface area contributed by atoms with Gasteiger partial charge in [0.2, 0.25) is 0 Å². The lowest BCUT2D eigenvalue weighted by molar-refractivity contribution is -0.141. The number of aliphatic hydroxyl groups excluding tert-OH is 1. The zero-order valence-electron chi connectivity index (χ0n) is 8.71. The van der Waals surface area contributed by atoms with Crippen LogP contribution in [0.25, 0.3) is 0 Å². The number of H-pyrrole nitrogens is 2. The molecule has 2 heterocycles. The largest absolute Gasteiger partial charge is 0.480 e. The molecule has 4 N–H and O–H groups in total. The molecule has 1 aromatic heterocycles. The molecule has 2 atom stereocenters. The normalized spacial score (nSPS) is 23.9. The topological polar surface area (TPSA) is 126 Å². The van der Waals surface area contributed by atoms with E-state index in [2.05, 4.69) is 9.97 Å². The number of aromatic amines is 2. The van der Waals surface area contributed by atoms with Crippen molar-refractivity contribution < 1.29 is 19.8 Å². The highest BCUT2D eigenvalue weighted by Crippen LogP contribution is 2.19. The van der Waals surface area contributed by atoms with Crippen molar-refractivity contribution in [2.75, 3.05) is 6.54 Å². The summed E-state index contributed by atoms with van der Waals surface area (Å²) >= 11 is 0. The van der Waals surface area contributed by atoms with E-state index in [0.717, 1.165) is 4.90 Å². The number of hydrogen-bond acceptors (Lipinski definition) is 4. The van der Waals surface area contributed by atoms with Crippen molar-refractivity contribution in [1.29, 1.82) is 0 Å². The Bertz CT molecular complexity index is 505. The number of aliphatic hydroxyl groups is 1. The van der Waals surface area contributed by atoms with Crippen molar-refractivity contribution in [1.82, 2.24) is 14.9 Å². The SMILES string of the molecule is O=C(O)[C@@H]1C[C@@H](O)CN1C(=O)c1c[nH]c(=O)[nH]1. The van der Waals surface area contributed by atoms with Gasteiger partial charge >= 0.3 is 11.7 Å². The highest BCUT2D eigenvalue weighted by atomic mass is 16.4. The number of nitrogens with one attached hydrogen (secondary N) is 2. The van der Waals surface area contributed by atoms with Crippen LogP contribution in [0.15, 0.2) is 11.0 Å². The average Bonchev–Trinajstić information content (AvgIpc) is 2.83. The molecular weight excluding hydrogens is 230 g/mol. The first-order valence-electron chi connectivity index (χ1n) is 4.98. The summed E-state index contributed by atoms with van der Waals surface area (Å²) in [6.45, 7) is -0.0526. The smallest absolute Gasteiger partial charge is 0.326 e. The van der Waals surface area contributed by atoms with Crippen LogP contribution in [0.4, 0.5) is 0 Å². The van der Waals surface area contributed by atoms with Crippen LogP contribution < -0.4 is 5.69 Å². The van der Waals surface area contributed by atoms with Crippen molar-refractivity contribution >= 4 is 11.9 Å². The highest BCUT2D eigenvalue weighted by Gasteiger charge is 2.39. The van der Waals surface area contributed by atoms with Gasteiger partial charge in [-0.15, -0.1) is 0 Å². The van der Waals surface area contributed by atoms with Crippen LogP contribution in [0.3, 0.4) is 0 Å². The summed E-state index contributed by atoms with van der Waals surface area (Å²) in [5.74, 6) is -1.79. The minimum absolute atomic E-state index is 0.00424. The van der Waals surface area contributed by atoms with Crippen LogP contribution in [0.2, 0.25) is 0 Å². The lowest BCUT2D eigenvalue weighted by atomic mass is 10.2. The third-order valence-corrected chi connectivity index (χ3v) is 2.65. The van der Waals surface area contributed by atoms with E-state index in [4.69, 9.17) is 5.11 Å². The second-order valence-electron chi connectivity index (χ2n) is 3.86. The maximum atomic E-state index is 11.9. The molecular formula is C9H11N3O5. The Hall–Kier alpha value is -2.09. The number of aliphatic carboxylic acids is 1. The van der Waals surface area contributed by atoms with Gasteiger partial charge in [-0.05, 0) is 0 Å². The minimum atomic E-state index is -1.17. The molecule has 92 valence electrons. The molecule has 0 spiro atoms. The third-order valence-electron chi connectivity index (χ3n) is 2.65. The maximum Gasteiger partial charge on any atom is 0.326 e. The number of carbonyl (C=O) groups is 2. The Kier molecular flexibility index (Phi) is 2.72. The summed E-state index contributed by atoms with van der Waals surface area (Å²) in [6.07, 6.45) is 0.315. The zero-order chi connectivity index (χ0) is 12.6. The summed E-state index contributed by atoms with van der Waals surface area (Å²) in [4.78, 5) is 39.2. The number of carboxylic acids is 1. The number of likely N-dealkylation sites (tertiary alicyclic amines) is 1. The first-order chi connectivity index (χ1) is 7.99. The molecule has 8 heteroatoms. The summed E-state index contributed by atoms with van der Waals surface area (Å²) in [7, 11) is 0. The number of β-amino-alcohol motifs (C(OH)–C–C–N with tert-alkyl or cyclic N) is 1. The molecule has 1 fully saturated rings. The highest BCUT2D eigenvalue weighted by molar-refractivity contribution is 5.95. The predicted octanol–water partition coefficient (Wildman–Crippen LogP) is -1.64. The van der Waals surface area contributed by atoms with Crippen molar-refractivity contribution in [2.24, 2.45) is 0 Å². The van der Waals surface area contributed by atoms with Crippen LogP contribution in [-0.4, -0.2) is 55.6 Å². The molecule has 1 aromatic rings. The Morgan fingerprint density at radius 2 is 2.18 bits per heavy atom. The van der Waals surface area contributed by atoms with E-state index in [1.165, 1.54) is 6.20 Å². The lowest BCUT2D eigenvalue weighted by Gasteiger charge is -2.19. The number of aromatic nitrogens is 2. The molecule has 1 saturated heterocycles.